The Morgan fingerprint density at radius 3 is 2.53 bits per heavy atom. The SMILES string of the molecule is C[N+]1(CCCCCCC(=O)/C=N/O)CCOCC1.[I-]. The van der Waals surface area contributed by atoms with Gasteiger partial charge in [-0.25, -0.2) is 0 Å². The number of halogens is 1. The van der Waals surface area contributed by atoms with Gasteiger partial charge in [-0.1, -0.05) is 11.6 Å². The molecule has 0 atom stereocenters. The van der Waals surface area contributed by atoms with Crippen LogP contribution in [-0.4, -0.2) is 61.6 Å². The minimum atomic E-state index is -0.0929. The van der Waals surface area contributed by atoms with Crippen LogP contribution in [0.25, 0.3) is 0 Å². The maximum absolute atomic E-state index is 11.0. The van der Waals surface area contributed by atoms with E-state index in [4.69, 9.17) is 9.94 Å². The molecule has 1 rings (SSSR count). The van der Waals surface area contributed by atoms with E-state index < -0.39 is 0 Å². The maximum Gasteiger partial charge on any atom is 0.177 e. The second-order valence-electron chi connectivity index (χ2n) is 5.28. The van der Waals surface area contributed by atoms with Crippen LogP contribution in [0.3, 0.4) is 0 Å². The molecule has 0 aliphatic carbocycles. The van der Waals surface area contributed by atoms with Crippen LogP contribution in [0.1, 0.15) is 32.1 Å². The summed E-state index contributed by atoms with van der Waals surface area (Å²) < 4.78 is 6.49. The summed E-state index contributed by atoms with van der Waals surface area (Å²) >= 11 is 0. The highest BCUT2D eigenvalue weighted by atomic mass is 127. The number of oxime groups is 1. The van der Waals surface area contributed by atoms with Gasteiger partial charge in [0.15, 0.2) is 5.78 Å². The molecule has 5 nitrogen and oxygen atoms in total. The molecule has 0 spiro atoms. The van der Waals surface area contributed by atoms with E-state index in [0.29, 0.717) is 6.42 Å². The summed E-state index contributed by atoms with van der Waals surface area (Å²) in [6, 6.07) is 0. The van der Waals surface area contributed by atoms with Crippen molar-refractivity contribution >= 4 is 12.0 Å². The lowest BCUT2D eigenvalue weighted by atomic mass is 10.1. The molecule has 1 heterocycles. The topological polar surface area (TPSA) is 58.9 Å². The molecule has 1 fully saturated rings. The summed E-state index contributed by atoms with van der Waals surface area (Å²) in [5, 5.41) is 10.9. The Kier molecular flexibility index (Phi) is 10.4. The van der Waals surface area contributed by atoms with E-state index in [0.717, 1.165) is 56.3 Å². The van der Waals surface area contributed by atoms with E-state index in [9.17, 15) is 4.79 Å². The molecule has 19 heavy (non-hydrogen) atoms. The standard InChI is InChI=1S/C13H24N2O3.HI/c1-15(8-10-18-11-9-15)7-5-3-2-4-6-13(16)12-14-17;/h12H,2-11H2,1H3;1H. The molecule has 0 unspecified atom stereocenters. The minimum absolute atomic E-state index is 0. The lowest BCUT2D eigenvalue weighted by Gasteiger charge is -2.37. The number of morpholine rings is 1. The molecule has 0 aromatic carbocycles. The molecular formula is C13H25IN2O3. The number of rotatable bonds is 8. The first-order valence-corrected chi connectivity index (χ1v) is 6.78. The Morgan fingerprint density at radius 1 is 1.26 bits per heavy atom. The van der Waals surface area contributed by atoms with Crippen molar-refractivity contribution in [2.24, 2.45) is 5.16 Å². The molecule has 0 bridgehead atoms. The van der Waals surface area contributed by atoms with Gasteiger partial charge in [0.1, 0.15) is 19.3 Å². The van der Waals surface area contributed by atoms with Crippen LogP contribution in [0, 0.1) is 0 Å². The summed E-state index contributed by atoms with van der Waals surface area (Å²) in [4.78, 5) is 11.0. The number of ether oxygens (including phenoxy) is 1. The zero-order valence-corrected chi connectivity index (χ0v) is 13.8. The molecule has 1 N–H and O–H groups in total. The third-order valence-corrected chi connectivity index (χ3v) is 3.62. The Balaban J connectivity index is 0.00000324. The highest BCUT2D eigenvalue weighted by Gasteiger charge is 2.24. The first kappa shape index (κ1) is 18.8. The third-order valence-electron chi connectivity index (χ3n) is 3.62. The van der Waals surface area contributed by atoms with Gasteiger partial charge < -0.3 is 38.4 Å². The average Bonchev–Trinajstić information content (AvgIpc) is 2.35. The lowest BCUT2D eigenvalue weighted by Crippen LogP contribution is -3.00. The molecule has 0 saturated carbocycles. The number of carbonyl (C=O) groups excluding carboxylic acids is 1. The van der Waals surface area contributed by atoms with Gasteiger partial charge >= 0.3 is 0 Å². The molecule has 0 aromatic rings. The monoisotopic (exact) mass is 384 g/mol. The van der Waals surface area contributed by atoms with Gasteiger partial charge in [-0.05, 0) is 19.3 Å². The van der Waals surface area contributed by atoms with E-state index in [1.807, 2.05) is 0 Å². The number of carbonyl (C=O) groups is 1. The lowest BCUT2D eigenvalue weighted by molar-refractivity contribution is -0.917. The van der Waals surface area contributed by atoms with Gasteiger partial charge in [-0.3, -0.25) is 4.79 Å². The highest BCUT2D eigenvalue weighted by Crippen LogP contribution is 2.11. The van der Waals surface area contributed by atoms with Crippen molar-refractivity contribution in [2.45, 2.75) is 32.1 Å². The molecule has 1 aliphatic rings. The van der Waals surface area contributed by atoms with Crippen molar-refractivity contribution < 1.29 is 43.2 Å². The Hall–Kier alpha value is -0.210. The van der Waals surface area contributed by atoms with E-state index in [-0.39, 0.29) is 29.8 Å². The summed E-state index contributed by atoms with van der Waals surface area (Å²) in [6.07, 6.45) is 5.81. The number of likely N-dealkylation sites (N-methyl/N-ethyl adjacent to an activating group) is 1. The fraction of sp³-hybridized carbons (Fsp3) is 0.846. The predicted molar refractivity (Wildman–Crippen MR) is 70.0 cm³/mol. The number of unbranched alkanes of at least 4 members (excludes halogenated alkanes) is 3. The highest BCUT2D eigenvalue weighted by molar-refractivity contribution is 6.27. The zero-order valence-electron chi connectivity index (χ0n) is 11.7. The van der Waals surface area contributed by atoms with E-state index in [2.05, 4.69) is 12.2 Å². The van der Waals surface area contributed by atoms with Gasteiger partial charge in [0.2, 0.25) is 0 Å². The van der Waals surface area contributed by atoms with E-state index in [1.165, 1.54) is 13.0 Å². The van der Waals surface area contributed by atoms with Crippen LogP contribution in [0.4, 0.5) is 0 Å². The molecule has 0 radical (unpaired) electrons. The maximum atomic E-state index is 11.0. The molecule has 0 aromatic heterocycles. The van der Waals surface area contributed by atoms with Crippen molar-refractivity contribution in [2.75, 3.05) is 39.9 Å². The van der Waals surface area contributed by atoms with Crippen LogP contribution in [0.5, 0.6) is 0 Å². The Bertz CT molecular complexity index is 279. The second kappa shape index (κ2) is 10.6. The first-order chi connectivity index (χ1) is 8.66. The number of Topliss-reactive ketones (excluding diaryl/α,β-unsaturated/α-hetero) is 1. The summed E-state index contributed by atoms with van der Waals surface area (Å²) in [5.74, 6) is -0.0929. The van der Waals surface area contributed by atoms with E-state index >= 15 is 0 Å². The molecule has 0 amide bonds. The average molecular weight is 384 g/mol. The van der Waals surface area contributed by atoms with Crippen LogP contribution in [0.2, 0.25) is 0 Å². The minimum Gasteiger partial charge on any atom is -1.00 e. The van der Waals surface area contributed by atoms with Crippen molar-refractivity contribution in [1.82, 2.24) is 0 Å². The zero-order chi connectivity index (χ0) is 13.3. The summed E-state index contributed by atoms with van der Waals surface area (Å²) in [6.45, 7) is 5.20. The second-order valence-corrected chi connectivity index (χ2v) is 5.28. The molecule has 1 aliphatic heterocycles. The third kappa shape index (κ3) is 8.54. The smallest absolute Gasteiger partial charge is 0.177 e. The predicted octanol–water partition coefficient (Wildman–Crippen LogP) is -1.55. The van der Waals surface area contributed by atoms with Crippen LogP contribution < -0.4 is 24.0 Å². The normalized spacial score (nSPS) is 18.2. The van der Waals surface area contributed by atoms with Gasteiger partial charge in [0.25, 0.3) is 0 Å². The molecule has 112 valence electrons. The fourth-order valence-corrected chi connectivity index (χ4v) is 2.28. The van der Waals surface area contributed by atoms with Crippen molar-refractivity contribution in [3.8, 4) is 0 Å². The van der Waals surface area contributed by atoms with Crippen molar-refractivity contribution in [1.29, 1.82) is 0 Å². The van der Waals surface area contributed by atoms with Gasteiger partial charge in [-0.2, -0.15) is 0 Å². The fourth-order valence-electron chi connectivity index (χ4n) is 2.28. The van der Waals surface area contributed by atoms with Crippen LogP contribution in [-0.2, 0) is 9.53 Å². The number of ketones is 1. The number of nitrogens with zero attached hydrogens (tertiary/aromatic N) is 2. The van der Waals surface area contributed by atoms with Gasteiger partial charge in [-0.15, -0.1) is 0 Å². The summed E-state index contributed by atoms with van der Waals surface area (Å²) in [7, 11) is 2.30. The van der Waals surface area contributed by atoms with E-state index in [1.54, 1.807) is 0 Å². The summed E-state index contributed by atoms with van der Waals surface area (Å²) in [5.41, 5.74) is 0. The van der Waals surface area contributed by atoms with Crippen LogP contribution in [0.15, 0.2) is 5.16 Å². The molecular weight excluding hydrogens is 359 g/mol. The first-order valence-electron chi connectivity index (χ1n) is 6.78. The number of hydrogen-bond acceptors (Lipinski definition) is 4. The number of quaternary nitrogens is 1. The molecule has 6 heteroatoms. The van der Waals surface area contributed by atoms with Crippen LogP contribution >= 0.6 is 0 Å². The quantitative estimate of drug-likeness (QED) is 0.138. The van der Waals surface area contributed by atoms with Gasteiger partial charge in [0, 0.05) is 6.42 Å². The molecule has 1 saturated heterocycles. The van der Waals surface area contributed by atoms with Crippen molar-refractivity contribution in [3.63, 3.8) is 0 Å². The Labute approximate surface area is 132 Å². The largest absolute Gasteiger partial charge is 1.00 e. The Morgan fingerprint density at radius 2 is 1.89 bits per heavy atom. The van der Waals surface area contributed by atoms with Crippen molar-refractivity contribution in [3.05, 3.63) is 0 Å². The van der Waals surface area contributed by atoms with Gasteiger partial charge in [0.05, 0.1) is 26.8 Å². The number of hydrogen-bond donors (Lipinski definition) is 1.